The number of rotatable bonds is 3. The van der Waals surface area contributed by atoms with Crippen LogP contribution in [0.1, 0.15) is 43.7 Å². The second-order valence-corrected chi connectivity index (χ2v) is 4.54. The predicted molar refractivity (Wildman–Crippen MR) is 60.4 cm³/mol. The zero-order valence-electron chi connectivity index (χ0n) is 8.71. The first-order valence-corrected chi connectivity index (χ1v) is 5.89. The van der Waals surface area contributed by atoms with Crippen molar-refractivity contribution in [1.29, 1.82) is 0 Å². The van der Waals surface area contributed by atoms with E-state index in [0.717, 1.165) is 5.56 Å². The van der Waals surface area contributed by atoms with E-state index in [0.29, 0.717) is 11.1 Å². The van der Waals surface area contributed by atoms with E-state index in [1.165, 1.54) is 32.1 Å². The predicted octanol–water partition coefficient (Wildman–Crippen LogP) is 3.02. The first-order valence-electron chi connectivity index (χ1n) is 5.52. The molecular formula is C11H17ClN2O. The van der Waals surface area contributed by atoms with Gasteiger partial charge in [0.15, 0.2) is 5.22 Å². The van der Waals surface area contributed by atoms with Crippen LogP contribution in [0.4, 0.5) is 0 Å². The molecule has 15 heavy (non-hydrogen) atoms. The third-order valence-electron chi connectivity index (χ3n) is 3.28. The monoisotopic (exact) mass is 228 g/mol. The van der Waals surface area contributed by atoms with Gasteiger partial charge in [0.05, 0.1) is 12.3 Å². The van der Waals surface area contributed by atoms with E-state index in [1.54, 1.807) is 6.26 Å². The van der Waals surface area contributed by atoms with Crippen LogP contribution in [0.15, 0.2) is 16.7 Å². The van der Waals surface area contributed by atoms with Crippen molar-refractivity contribution in [2.75, 3.05) is 0 Å². The molecule has 1 fully saturated rings. The number of furan rings is 1. The minimum atomic E-state index is 0.136. The second-order valence-electron chi connectivity index (χ2n) is 4.19. The molecule has 1 aliphatic rings. The van der Waals surface area contributed by atoms with Gasteiger partial charge >= 0.3 is 0 Å². The van der Waals surface area contributed by atoms with Gasteiger partial charge in [-0.15, -0.1) is 0 Å². The largest absolute Gasteiger partial charge is 0.453 e. The molecule has 84 valence electrons. The molecule has 1 heterocycles. The second kappa shape index (κ2) is 5.01. The van der Waals surface area contributed by atoms with Crippen molar-refractivity contribution >= 4 is 11.6 Å². The number of nitrogens with two attached hydrogens (primary N) is 1. The van der Waals surface area contributed by atoms with Gasteiger partial charge in [-0.05, 0) is 36.4 Å². The number of hydrogen-bond acceptors (Lipinski definition) is 3. The molecule has 4 heteroatoms. The van der Waals surface area contributed by atoms with Crippen LogP contribution in [-0.2, 0) is 0 Å². The van der Waals surface area contributed by atoms with Crippen LogP contribution in [-0.4, -0.2) is 0 Å². The van der Waals surface area contributed by atoms with E-state index in [2.05, 4.69) is 5.43 Å². The molecule has 0 radical (unpaired) electrons. The highest BCUT2D eigenvalue weighted by Gasteiger charge is 2.26. The average Bonchev–Trinajstić information content (AvgIpc) is 2.68. The van der Waals surface area contributed by atoms with Gasteiger partial charge in [-0.2, -0.15) is 0 Å². The van der Waals surface area contributed by atoms with Crippen molar-refractivity contribution in [3.05, 3.63) is 23.1 Å². The molecule has 0 amide bonds. The lowest BCUT2D eigenvalue weighted by molar-refractivity contribution is 0.272. The normalized spacial score (nSPS) is 20.4. The van der Waals surface area contributed by atoms with Gasteiger partial charge in [-0.25, -0.2) is 0 Å². The highest BCUT2D eigenvalue weighted by Crippen LogP contribution is 2.36. The van der Waals surface area contributed by atoms with Gasteiger partial charge in [0.25, 0.3) is 0 Å². The molecule has 0 spiro atoms. The highest BCUT2D eigenvalue weighted by molar-refractivity contribution is 6.29. The summed E-state index contributed by atoms with van der Waals surface area (Å²) in [6.45, 7) is 0. The lowest BCUT2D eigenvalue weighted by Gasteiger charge is -2.29. The van der Waals surface area contributed by atoms with Gasteiger partial charge < -0.3 is 4.42 Å². The summed E-state index contributed by atoms with van der Waals surface area (Å²) in [6.07, 6.45) is 7.97. The summed E-state index contributed by atoms with van der Waals surface area (Å²) >= 11 is 5.97. The third-order valence-corrected chi connectivity index (χ3v) is 3.59. The van der Waals surface area contributed by atoms with E-state index in [4.69, 9.17) is 21.9 Å². The van der Waals surface area contributed by atoms with Gasteiger partial charge in [-0.3, -0.25) is 11.3 Å². The van der Waals surface area contributed by atoms with Crippen molar-refractivity contribution < 1.29 is 4.42 Å². The van der Waals surface area contributed by atoms with Crippen LogP contribution in [0.2, 0.25) is 5.22 Å². The fourth-order valence-electron chi connectivity index (χ4n) is 2.47. The quantitative estimate of drug-likeness (QED) is 0.618. The number of hydrazine groups is 1. The minimum Gasteiger partial charge on any atom is -0.453 e. The zero-order valence-corrected chi connectivity index (χ0v) is 9.46. The Balaban J connectivity index is 2.12. The zero-order chi connectivity index (χ0) is 10.7. The Labute approximate surface area is 94.9 Å². The molecule has 1 aromatic heterocycles. The molecule has 1 aromatic rings. The van der Waals surface area contributed by atoms with Crippen LogP contribution in [0, 0.1) is 5.92 Å². The molecule has 1 saturated carbocycles. The Kier molecular flexibility index (Phi) is 3.67. The van der Waals surface area contributed by atoms with Crippen LogP contribution in [0.3, 0.4) is 0 Å². The van der Waals surface area contributed by atoms with Crippen LogP contribution >= 0.6 is 11.6 Å². The van der Waals surface area contributed by atoms with Crippen LogP contribution < -0.4 is 11.3 Å². The summed E-state index contributed by atoms with van der Waals surface area (Å²) in [4.78, 5) is 0. The fraction of sp³-hybridized carbons (Fsp3) is 0.636. The Morgan fingerprint density at radius 2 is 2.13 bits per heavy atom. The van der Waals surface area contributed by atoms with E-state index < -0.39 is 0 Å². The van der Waals surface area contributed by atoms with Gasteiger partial charge in [-0.1, -0.05) is 19.3 Å². The Morgan fingerprint density at radius 1 is 1.40 bits per heavy atom. The molecule has 3 N–H and O–H groups in total. The topological polar surface area (TPSA) is 51.2 Å². The molecule has 0 bridgehead atoms. The maximum Gasteiger partial charge on any atom is 0.197 e. The average molecular weight is 229 g/mol. The molecular weight excluding hydrogens is 212 g/mol. The van der Waals surface area contributed by atoms with Crippen molar-refractivity contribution in [1.82, 2.24) is 5.43 Å². The molecule has 1 aliphatic carbocycles. The molecule has 3 nitrogen and oxygen atoms in total. The molecule has 0 aromatic carbocycles. The highest BCUT2D eigenvalue weighted by atomic mass is 35.5. The standard InChI is InChI=1S/C11H17ClN2O/c12-11-9(6-7-15-11)10(14-13)8-4-2-1-3-5-8/h6-8,10,14H,1-5,13H2. The van der Waals surface area contributed by atoms with E-state index in [1.807, 2.05) is 6.07 Å². The fourth-order valence-corrected chi connectivity index (χ4v) is 2.71. The van der Waals surface area contributed by atoms with E-state index in [9.17, 15) is 0 Å². The van der Waals surface area contributed by atoms with Gasteiger partial charge in [0.2, 0.25) is 0 Å². The molecule has 0 aliphatic heterocycles. The number of halogens is 1. The molecule has 0 saturated heterocycles. The Bertz CT molecular complexity index is 307. The summed E-state index contributed by atoms with van der Waals surface area (Å²) in [5.74, 6) is 6.20. The molecule has 1 atom stereocenters. The first kappa shape index (κ1) is 11.0. The van der Waals surface area contributed by atoms with E-state index in [-0.39, 0.29) is 6.04 Å². The van der Waals surface area contributed by atoms with Crippen molar-refractivity contribution in [3.8, 4) is 0 Å². The molecule has 2 rings (SSSR count). The third kappa shape index (κ3) is 2.36. The summed E-state index contributed by atoms with van der Waals surface area (Å²) in [5.41, 5.74) is 3.86. The Hall–Kier alpha value is -0.510. The Morgan fingerprint density at radius 3 is 2.67 bits per heavy atom. The van der Waals surface area contributed by atoms with Gasteiger partial charge in [0, 0.05) is 5.56 Å². The number of nitrogens with one attached hydrogen (secondary N) is 1. The smallest absolute Gasteiger partial charge is 0.197 e. The van der Waals surface area contributed by atoms with E-state index >= 15 is 0 Å². The SMILES string of the molecule is NNC(c1ccoc1Cl)C1CCCCC1. The number of hydrogen-bond donors (Lipinski definition) is 2. The molecule has 1 unspecified atom stereocenters. The lowest BCUT2D eigenvalue weighted by Crippen LogP contribution is -2.34. The summed E-state index contributed by atoms with van der Waals surface area (Å²) in [6, 6.07) is 2.04. The van der Waals surface area contributed by atoms with Crippen molar-refractivity contribution in [2.24, 2.45) is 11.8 Å². The maximum atomic E-state index is 5.97. The van der Waals surface area contributed by atoms with Crippen molar-refractivity contribution in [2.45, 2.75) is 38.1 Å². The first-order chi connectivity index (χ1) is 7.33. The summed E-state index contributed by atoms with van der Waals surface area (Å²) in [7, 11) is 0. The van der Waals surface area contributed by atoms with Crippen LogP contribution in [0.25, 0.3) is 0 Å². The van der Waals surface area contributed by atoms with Crippen LogP contribution in [0.5, 0.6) is 0 Å². The lowest BCUT2D eigenvalue weighted by atomic mass is 9.82. The van der Waals surface area contributed by atoms with Gasteiger partial charge in [0.1, 0.15) is 0 Å². The summed E-state index contributed by atoms with van der Waals surface area (Å²) in [5, 5.41) is 0.462. The minimum absolute atomic E-state index is 0.136. The van der Waals surface area contributed by atoms with Crippen molar-refractivity contribution in [3.63, 3.8) is 0 Å². The maximum absolute atomic E-state index is 5.97. The summed E-state index contributed by atoms with van der Waals surface area (Å²) < 4.78 is 5.11.